The number of nitrogens with zero attached hydrogens (tertiary/aromatic N) is 2. The normalized spacial score (nSPS) is 10.9. The second-order valence-corrected chi connectivity index (χ2v) is 7.40. The molecule has 0 unspecified atom stereocenters. The zero-order valence-corrected chi connectivity index (χ0v) is 15.5. The Morgan fingerprint density at radius 1 is 1.28 bits per heavy atom. The molecule has 0 aliphatic carbocycles. The number of aromatic nitrogens is 2. The van der Waals surface area contributed by atoms with Crippen molar-refractivity contribution >= 4 is 39.2 Å². The minimum atomic E-state index is -0.0726. The lowest BCUT2D eigenvalue weighted by atomic mass is 10.2. The van der Waals surface area contributed by atoms with Gasteiger partial charge in [-0.2, -0.15) is 0 Å². The van der Waals surface area contributed by atoms with Crippen LogP contribution >= 0.6 is 23.1 Å². The van der Waals surface area contributed by atoms with Crippen molar-refractivity contribution in [1.29, 1.82) is 0 Å². The molecule has 2 aromatic heterocycles. The molecular weight excluding hydrogens is 354 g/mol. The Kier molecular flexibility index (Phi) is 5.88. The maximum absolute atomic E-state index is 12.6. The van der Waals surface area contributed by atoms with Gasteiger partial charge in [-0.15, -0.1) is 11.3 Å². The van der Waals surface area contributed by atoms with Gasteiger partial charge in [-0.3, -0.25) is 14.2 Å². The summed E-state index contributed by atoms with van der Waals surface area (Å²) in [5, 5.41) is 5.37. The number of rotatable bonds is 7. The molecule has 3 aromatic rings. The fourth-order valence-corrected chi connectivity index (χ4v) is 4.07. The van der Waals surface area contributed by atoms with Gasteiger partial charge in [0.25, 0.3) is 5.56 Å². The number of amides is 1. The minimum Gasteiger partial charge on any atom is -0.351 e. The van der Waals surface area contributed by atoms with E-state index in [4.69, 9.17) is 0 Å². The third kappa shape index (κ3) is 4.29. The van der Waals surface area contributed by atoms with E-state index in [1.807, 2.05) is 48.7 Å². The highest BCUT2D eigenvalue weighted by Crippen LogP contribution is 2.21. The molecule has 1 aromatic carbocycles. The topological polar surface area (TPSA) is 64.0 Å². The quantitative estimate of drug-likeness (QED) is 0.510. The Hall–Kier alpha value is -2.12. The summed E-state index contributed by atoms with van der Waals surface area (Å²) < 4.78 is 2.35. The van der Waals surface area contributed by atoms with Gasteiger partial charge in [0.1, 0.15) is 4.70 Å². The third-order valence-corrected chi connectivity index (χ3v) is 5.51. The average Bonchev–Trinajstić information content (AvgIpc) is 3.10. The lowest BCUT2D eigenvalue weighted by Gasteiger charge is -2.11. The fourth-order valence-electron chi connectivity index (χ4n) is 2.43. The van der Waals surface area contributed by atoms with Crippen LogP contribution in [0.25, 0.3) is 10.2 Å². The van der Waals surface area contributed by atoms with Crippen LogP contribution in [0.4, 0.5) is 0 Å². The second-order valence-electron chi connectivity index (χ2n) is 5.54. The molecule has 0 radical (unpaired) electrons. The van der Waals surface area contributed by atoms with Crippen LogP contribution in [0.3, 0.4) is 0 Å². The van der Waals surface area contributed by atoms with Gasteiger partial charge in [-0.1, -0.05) is 49.0 Å². The lowest BCUT2D eigenvalue weighted by molar-refractivity contribution is -0.118. The first-order valence-corrected chi connectivity index (χ1v) is 9.97. The number of hydrogen-bond acceptors (Lipinski definition) is 5. The number of thioether (sulfide) groups is 1. The van der Waals surface area contributed by atoms with Crippen LogP contribution in [0.5, 0.6) is 0 Å². The Bertz CT molecular complexity index is 919. The molecule has 0 fully saturated rings. The number of benzene rings is 1. The van der Waals surface area contributed by atoms with E-state index in [0.29, 0.717) is 28.5 Å². The molecule has 0 bridgehead atoms. The number of fused-ring (bicyclic) bond motifs is 1. The van der Waals surface area contributed by atoms with E-state index >= 15 is 0 Å². The van der Waals surface area contributed by atoms with Gasteiger partial charge in [0.2, 0.25) is 5.91 Å². The third-order valence-electron chi connectivity index (χ3n) is 3.64. The smallest absolute Gasteiger partial charge is 0.272 e. The van der Waals surface area contributed by atoms with Crippen molar-refractivity contribution < 1.29 is 4.79 Å². The van der Waals surface area contributed by atoms with Crippen molar-refractivity contribution in [1.82, 2.24) is 14.9 Å². The minimum absolute atomic E-state index is 0.0194. The van der Waals surface area contributed by atoms with Gasteiger partial charge in [0, 0.05) is 13.1 Å². The van der Waals surface area contributed by atoms with Crippen LogP contribution in [-0.4, -0.2) is 21.2 Å². The van der Waals surface area contributed by atoms with Crippen LogP contribution in [0.1, 0.15) is 18.9 Å². The first-order valence-electron chi connectivity index (χ1n) is 8.10. The average molecular weight is 374 g/mol. The van der Waals surface area contributed by atoms with Gasteiger partial charge >= 0.3 is 0 Å². The summed E-state index contributed by atoms with van der Waals surface area (Å²) in [4.78, 5) is 29.2. The van der Waals surface area contributed by atoms with E-state index in [9.17, 15) is 9.59 Å². The molecule has 5 nitrogen and oxygen atoms in total. The van der Waals surface area contributed by atoms with Crippen molar-refractivity contribution in [2.45, 2.75) is 31.6 Å². The zero-order valence-electron chi connectivity index (χ0n) is 13.9. The first-order chi connectivity index (χ1) is 12.2. The molecule has 1 N–H and O–H groups in total. The van der Waals surface area contributed by atoms with Gasteiger partial charge in [0.15, 0.2) is 5.16 Å². The Morgan fingerprint density at radius 2 is 2.08 bits per heavy atom. The van der Waals surface area contributed by atoms with E-state index in [1.54, 1.807) is 4.57 Å². The molecule has 0 aliphatic heterocycles. The summed E-state index contributed by atoms with van der Waals surface area (Å²) in [5.41, 5.74) is 1.74. The monoisotopic (exact) mass is 373 g/mol. The molecule has 0 saturated heterocycles. The number of carbonyl (C=O) groups excluding carboxylic acids is 1. The highest BCUT2D eigenvalue weighted by molar-refractivity contribution is 7.99. The van der Waals surface area contributed by atoms with Gasteiger partial charge < -0.3 is 5.32 Å². The molecule has 1 amide bonds. The number of hydrogen-bond donors (Lipinski definition) is 1. The van der Waals surface area contributed by atoms with E-state index in [-0.39, 0.29) is 17.2 Å². The maximum atomic E-state index is 12.6. The highest BCUT2D eigenvalue weighted by Gasteiger charge is 2.13. The maximum Gasteiger partial charge on any atom is 0.272 e. The Morgan fingerprint density at radius 3 is 2.84 bits per heavy atom. The van der Waals surface area contributed by atoms with Crippen LogP contribution in [0, 0.1) is 0 Å². The zero-order chi connectivity index (χ0) is 17.6. The van der Waals surface area contributed by atoms with E-state index in [2.05, 4.69) is 10.3 Å². The van der Waals surface area contributed by atoms with Crippen molar-refractivity contribution in [3.8, 4) is 0 Å². The molecule has 0 aliphatic rings. The number of carbonyl (C=O) groups is 1. The number of thiophene rings is 1. The van der Waals surface area contributed by atoms with Gasteiger partial charge in [-0.05, 0) is 23.4 Å². The summed E-state index contributed by atoms with van der Waals surface area (Å²) in [6, 6.07) is 11.6. The van der Waals surface area contributed by atoms with Crippen molar-refractivity contribution in [3.63, 3.8) is 0 Å². The molecular formula is C18H19N3O2S2. The van der Waals surface area contributed by atoms with Crippen LogP contribution in [-0.2, 0) is 17.9 Å². The standard InChI is InChI=1S/C18H19N3O2S2/c1-2-9-21-17(23)16-14(8-10-24-16)20-18(21)25-12-15(22)19-11-13-6-4-3-5-7-13/h3-8,10H,2,9,11-12H2,1H3,(H,19,22). The largest absolute Gasteiger partial charge is 0.351 e. The van der Waals surface area contributed by atoms with Crippen molar-refractivity contribution in [2.24, 2.45) is 0 Å². The van der Waals surface area contributed by atoms with E-state index < -0.39 is 0 Å². The Balaban J connectivity index is 1.68. The molecule has 2 heterocycles. The van der Waals surface area contributed by atoms with Gasteiger partial charge in [-0.25, -0.2) is 4.98 Å². The SMILES string of the molecule is CCCn1c(SCC(=O)NCc2ccccc2)nc2ccsc2c1=O. The lowest BCUT2D eigenvalue weighted by Crippen LogP contribution is -2.26. The summed E-state index contributed by atoms with van der Waals surface area (Å²) in [6.45, 7) is 3.12. The van der Waals surface area contributed by atoms with Crippen LogP contribution in [0.2, 0.25) is 0 Å². The van der Waals surface area contributed by atoms with Crippen LogP contribution < -0.4 is 10.9 Å². The fraction of sp³-hybridized carbons (Fsp3) is 0.278. The molecule has 25 heavy (non-hydrogen) atoms. The second kappa shape index (κ2) is 8.31. The van der Waals surface area contributed by atoms with Gasteiger partial charge in [0.05, 0.1) is 11.3 Å². The highest BCUT2D eigenvalue weighted by atomic mass is 32.2. The predicted octanol–water partition coefficient (Wildman–Crippen LogP) is 3.28. The van der Waals surface area contributed by atoms with Crippen molar-refractivity contribution in [2.75, 3.05) is 5.75 Å². The first kappa shape index (κ1) is 17.7. The summed E-state index contributed by atoms with van der Waals surface area (Å²) in [5.74, 6) is 0.162. The summed E-state index contributed by atoms with van der Waals surface area (Å²) in [7, 11) is 0. The van der Waals surface area contributed by atoms with Crippen LogP contribution in [0.15, 0.2) is 51.7 Å². The molecule has 3 rings (SSSR count). The van der Waals surface area contributed by atoms with E-state index in [1.165, 1.54) is 23.1 Å². The van der Waals surface area contributed by atoms with Crippen molar-refractivity contribution in [3.05, 3.63) is 57.7 Å². The molecule has 130 valence electrons. The molecule has 7 heteroatoms. The van der Waals surface area contributed by atoms with E-state index in [0.717, 1.165) is 12.0 Å². The predicted molar refractivity (Wildman–Crippen MR) is 103 cm³/mol. The summed E-state index contributed by atoms with van der Waals surface area (Å²) >= 11 is 2.72. The summed E-state index contributed by atoms with van der Waals surface area (Å²) in [6.07, 6.45) is 0.840. The molecule has 0 saturated carbocycles. The number of nitrogens with one attached hydrogen (secondary N) is 1. The molecule has 0 spiro atoms. The Labute approximate surface area is 154 Å². The molecule has 0 atom stereocenters.